The third-order valence-corrected chi connectivity index (χ3v) is 0. The number of carboxylic acid groups (broad SMARTS) is 2. The van der Waals surface area contributed by atoms with Crippen LogP contribution in [0.25, 0.3) is 0 Å². The van der Waals surface area contributed by atoms with E-state index in [0.717, 1.165) is 0 Å². The molecule has 0 atom stereocenters. The molecule has 0 aliphatic carbocycles. The van der Waals surface area contributed by atoms with Crippen LogP contribution >= 0.6 is 7.82 Å². The second kappa shape index (κ2) is 21.4. The van der Waals surface area contributed by atoms with Crippen LogP contribution in [0.15, 0.2) is 0 Å². The Bertz CT molecular complexity index is 123. The number of hydrogen-bond donors (Lipinski definition) is 0. The van der Waals surface area contributed by atoms with Gasteiger partial charge in [-0.3, -0.25) is 0 Å². The van der Waals surface area contributed by atoms with Gasteiger partial charge in [0.25, 0.3) is 0 Å². The quantitative estimate of drug-likeness (QED) is 0.318. The average molecular weight is 298 g/mol. The van der Waals surface area contributed by atoms with Gasteiger partial charge in [0.2, 0.25) is 0 Å². The monoisotopic (exact) mass is 298 g/mol. The van der Waals surface area contributed by atoms with Crippen molar-refractivity contribution in [3.63, 3.8) is 0 Å². The molecule has 0 aliphatic rings. The van der Waals surface area contributed by atoms with E-state index in [-0.39, 0.29) is 143 Å². The number of rotatable bonds is 0. The Kier molecular flexibility index (Phi) is 59.4. The van der Waals surface area contributed by atoms with Crippen LogP contribution in [0, 0.1) is 0 Å². The minimum atomic E-state index is -5.39. The molecule has 13 heavy (non-hydrogen) atoms. The van der Waals surface area contributed by atoms with Crippen LogP contribution in [0.2, 0.25) is 0 Å². The van der Waals surface area contributed by atoms with Crippen LogP contribution in [0.1, 0.15) is 0 Å². The first-order chi connectivity index (χ1) is 3.73. The Morgan fingerprint density at radius 3 is 0.923 bits per heavy atom. The summed E-state index contributed by atoms with van der Waals surface area (Å²) in [7, 11) is -5.39. The second-order valence-corrected chi connectivity index (χ2v) is 1.59. The summed E-state index contributed by atoms with van der Waals surface area (Å²) in [5.74, 6) is 0. The van der Waals surface area contributed by atoms with Crippen molar-refractivity contribution in [2.24, 2.45) is 0 Å². The number of carbonyl (C=O) groups excluding carboxylic acids is 1. The smallest absolute Gasteiger partial charge is 0.822 e. The molecule has 56 valence electrons. The summed E-state index contributed by atoms with van der Waals surface area (Å²) in [6.45, 7) is 0. The molecule has 7 nitrogen and oxygen atoms in total. The molecule has 0 rings (SSSR count). The zero-order valence-electron chi connectivity index (χ0n) is 6.93. The van der Waals surface area contributed by atoms with Gasteiger partial charge >= 0.3 is 143 Å². The molecule has 0 aromatic heterocycles. The predicted octanol–water partition coefficient (Wildman–Crippen LogP) is -9.41. The Morgan fingerprint density at radius 1 is 0.923 bits per heavy atom. The van der Waals surface area contributed by atoms with E-state index in [1.807, 2.05) is 0 Å². The summed E-state index contributed by atoms with van der Waals surface area (Å²) in [6.07, 6.45) is -2.33. The molecular weight excluding hydrogens is 298 g/mol. The maximum absolute atomic E-state index is 8.55. The Morgan fingerprint density at radius 2 is 0.923 bits per heavy atom. The molecule has 0 bridgehead atoms. The van der Waals surface area contributed by atoms with Crippen LogP contribution in [-0.2, 0) is 4.57 Å². The Balaban J connectivity index is -0.0000000146. The molecule has 0 radical (unpaired) electrons. The molecule has 0 heterocycles. The van der Waals surface area contributed by atoms with Gasteiger partial charge in [0.1, 0.15) is 0 Å². The fraction of sp³-hybridized carbons (Fsp3) is 0. The van der Waals surface area contributed by atoms with Crippen LogP contribution in [0.4, 0.5) is 4.79 Å². The largest absolute Gasteiger partial charge is 2.00 e. The minimum absolute atomic E-state index is 0. The van der Waals surface area contributed by atoms with Crippen LogP contribution in [0.3, 0.4) is 0 Å². The van der Waals surface area contributed by atoms with Crippen molar-refractivity contribution >= 4 is 127 Å². The molecule has 0 unspecified atom stereocenters. The number of phosphoric acid groups is 1. The average Bonchev–Trinajstić information content (AvgIpc) is 1.19. The zero-order chi connectivity index (χ0) is 8.08. The van der Waals surface area contributed by atoms with Gasteiger partial charge in [0.15, 0.2) is 0 Å². The predicted molar refractivity (Wildman–Crippen MR) is 30.3 cm³/mol. The second-order valence-electron chi connectivity index (χ2n) is 0.697. The molecule has 0 N–H and O–H groups in total. The Hall–Kier alpha value is 4.16. The number of carbonyl (C=O) groups is 1. The van der Waals surface area contributed by atoms with Crippen LogP contribution in [0.5, 0.6) is 0 Å². The molecule has 0 aliphatic heterocycles. The van der Waals surface area contributed by atoms with Crippen molar-refractivity contribution in [3.8, 4) is 0 Å². The van der Waals surface area contributed by atoms with Gasteiger partial charge in [-0.1, -0.05) is 0 Å². The topological polar surface area (TPSA) is 149 Å². The third kappa shape index (κ3) is 187. The molecule has 0 saturated carbocycles. The minimum Gasteiger partial charge on any atom is -0.822 e. The zero-order valence-corrected chi connectivity index (χ0v) is 16.4. The summed E-state index contributed by atoms with van der Waals surface area (Å²) < 4.78 is 8.55. The van der Waals surface area contributed by atoms with E-state index in [1.165, 1.54) is 0 Å². The SMILES string of the molecule is O=C([O-])[O-].O=P([O-])([O-])[O-].[Ca+2].[Ca+2].[Ca+2].[Na+]. The van der Waals surface area contributed by atoms with Crippen molar-refractivity contribution in [1.82, 2.24) is 0 Å². The standard InChI is InChI=1S/CH2O3.3Ca.Na.H3O4P/c2-1(3)4;;;;;1-5(2,3)4/h(H2,2,3,4);;;;;(H3,1,2,3,4)/q;3*+2;+1;/p-5. The van der Waals surface area contributed by atoms with Gasteiger partial charge in [-0.2, -0.15) is 7.82 Å². The fourth-order valence-corrected chi connectivity index (χ4v) is 0. The number of hydrogen-bond acceptors (Lipinski definition) is 7. The van der Waals surface area contributed by atoms with Crippen molar-refractivity contribution in [1.29, 1.82) is 0 Å². The van der Waals surface area contributed by atoms with E-state index in [9.17, 15) is 0 Å². The molecule has 0 aromatic rings. The van der Waals surface area contributed by atoms with Crippen LogP contribution < -0.4 is 54.5 Å². The van der Waals surface area contributed by atoms with Crippen LogP contribution in [-0.4, -0.2) is 119 Å². The molecule has 12 heteroatoms. The van der Waals surface area contributed by atoms with E-state index in [2.05, 4.69) is 0 Å². The van der Waals surface area contributed by atoms with Crippen molar-refractivity contribution < 1.29 is 63.8 Å². The van der Waals surface area contributed by atoms with Gasteiger partial charge < -0.3 is 34.3 Å². The van der Waals surface area contributed by atoms with Crippen molar-refractivity contribution in [3.05, 3.63) is 0 Å². The van der Waals surface area contributed by atoms with Gasteiger partial charge in [-0.25, -0.2) is 0 Å². The van der Waals surface area contributed by atoms with E-state index in [1.54, 1.807) is 0 Å². The van der Waals surface area contributed by atoms with Crippen molar-refractivity contribution in [2.75, 3.05) is 0 Å². The van der Waals surface area contributed by atoms with Gasteiger partial charge in [-0.15, -0.1) is 0 Å². The van der Waals surface area contributed by atoms with Gasteiger partial charge in [0, 0.05) is 0 Å². The summed E-state index contributed by atoms with van der Waals surface area (Å²) in [5, 5.41) is 16.7. The van der Waals surface area contributed by atoms with E-state index < -0.39 is 14.0 Å². The van der Waals surface area contributed by atoms with E-state index in [0.29, 0.717) is 0 Å². The third-order valence-electron chi connectivity index (χ3n) is 0. The maximum atomic E-state index is 8.55. The first-order valence-corrected chi connectivity index (χ1v) is 2.80. The van der Waals surface area contributed by atoms with E-state index in [4.69, 9.17) is 34.3 Å². The normalized spacial score (nSPS) is 6.38. The molecule has 0 amide bonds. The molecule has 0 saturated heterocycles. The summed E-state index contributed by atoms with van der Waals surface area (Å²) in [5.41, 5.74) is 0. The first-order valence-electron chi connectivity index (χ1n) is 1.34. The molecular formula is CCa3NaO7P+2. The summed E-state index contributed by atoms with van der Waals surface area (Å²) >= 11 is 0. The summed E-state index contributed by atoms with van der Waals surface area (Å²) in [4.78, 5) is 34.0. The maximum Gasteiger partial charge on any atom is 2.00 e. The van der Waals surface area contributed by atoms with Gasteiger partial charge in [0.05, 0.1) is 0 Å². The molecule has 0 aromatic carbocycles. The summed E-state index contributed by atoms with van der Waals surface area (Å²) in [6, 6.07) is 0. The first kappa shape index (κ1) is 36.0. The molecule has 0 spiro atoms. The van der Waals surface area contributed by atoms with E-state index >= 15 is 0 Å². The van der Waals surface area contributed by atoms with Gasteiger partial charge in [-0.05, 0) is 6.16 Å². The Labute approximate surface area is 186 Å². The van der Waals surface area contributed by atoms with Crippen molar-refractivity contribution in [2.45, 2.75) is 0 Å². The fourth-order valence-electron chi connectivity index (χ4n) is 0. The molecule has 0 fully saturated rings.